The zero-order valence-corrected chi connectivity index (χ0v) is 12.4. The highest BCUT2D eigenvalue weighted by atomic mass is 32.2. The number of hydrogen-bond donors (Lipinski definition) is 1. The average molecular weight is 302 g/mol. The summed E-state index contributed by atoms with van der Waals surface area (Å²) in [5, 5.41) is 9.01. The van der Waals surface area contributed by atoms with E-state index in [4.69, 9.17) is 5.11 Å². The zero-order chi connectivity index (χ0) is 14.3. The molecule has 0 aromatic heterocycles. The molecule has 3 fully saturated rings. The van der Waals surface area contributed by atoms with E-state index >= 15 is 0 Å². The molecule has 0 spiro atoms. The van der Waals surface area contributed by atoms with Gasteiger partial charge in [0.05, 0.1) is 17.9 Å². The van der Waals surface area contributed by atoms with Crippen LogP contribution in [0.25, 0.3) is 0 Å². The number of likely N-dealkylation sites (tertiary alicyclic amines) is 1. The van der Waals surface area contributed by atoms with E-state index in [0.29, 0.717) is 12.6 Å². The fraction of sp³-hybridized carbons (Fsp3) is 0.923. The van der Waals surface area contributed by atoms with E-state index in [1.807, 2.05) is 0 Å². The van der Waals surface area contributed by atoms with Crippen LogP contribution in [0, 0.1) is 0 Å². The number of nitrogens with zero attached hydrogens (tertiary/aromatic N) is 2. The van der Waals surface area contributed by atoms with Crippen LogP contribution >= 0.6 is 0 Å². The van der Waals surface area contributed by atoms with Crippen molar-refractivity contribution in [3.8, 4) is 0 Å². The van der Waals surface area contributed by atoms with Gasteiger partial charge in [0.1, 0.15) is 0 Å². The topological polar surface area (TPSA) is 77.9 Å². The summed E-state index contributed by atoms with van der Waals surface area (Å²) < 4.78 is 23.5. The molecule has 1 saturated carbocycles. The van der Waals surface area contributed by atoms with Gasteiger partial charge in [-0.05, 0) is 19.3 Å². The fourth-order valence-corrected chi connectivity index (χ4v) is 5.12. The smallest absolute Gasteiger partial charge is 0.304 e. The lowest BCUT2D eigenvalue weighted by molar-refractivity contribution is -0.138. The van der Waals surface area contributed by atoms with Gasteiger partial charge in [-0.3, -0.25) is 14.6 Å². The molecule has 114 valence electrons. The number of carboxylic acids is 1. The minimum absolute atomic E-state index is 0.000765. The van der Waals surface area contributed by atoms with E-state index in [1.54, 1.807) is 0 Å². The van der Waals surface area contributed by atoms with Crippen LogP contribution in [0.1, 0.15) is 25.7 Å². The summed E-state index contributed by atoms with van der Waals surface area (Å²) in [5.74, 6) is -0.739. The molecule has 1 aliphatic carbocycles. The molecular formula is C13H22N2O4S. The van der Waals surface area contributed by atoms with Gasteiger partial charge in [0.25, 0.3) is 0 Å². The number of hydrogen-bond acceptors (Lipinski definition) is 5. The highest BCUT2D eigenvalue weighted by Gasteiger charge is 2.41. The van der Waals surface area contributed by atoms with Crippen molar-refractivity contribution in [2.75, 3.05) is 31.1 Å². The van der Waals surface area contributed by atoms with Gasteiger partial charge < -0.3 is 5.11 Å². The minimum atomic E-state index is -3.08. The van der Waals surface area contributed by atoms with E-state index in [0.717, 1.165) is 25.6 Å². The van der Waals surface area contributed by atoms with E-state index < -0.39 is 15.8 Å². The van der Waals surface area contributed by atoms with Crippen molar-refractivity contribution >= 4 is 15.8 Å². The van der Waals surface area contributed by atoms with Crippen molar-refractivity contribution in [2.45, 2.75) is 43.8 Å². The van der Waals surface area contributed by atoms with Gasteiger partial charge in [0.15, 0.2) is 9.84 Å². The second kappa shape index (κ2) is 5.27. The number of sulfone groups is 1. The molecule has 0 radical (unpaired) electrons. The third-order valence-corrected chi connectivity index (χ3v) is 6.41. The van der Waals surface area contributed by atoms with Crippen molar-refractivity contribution < 1.29 is 18.3 Å². The Morgan fingerprint density at radius 2 is 1.90 bits per heavy atom. The average Bonchev–Trinajstić information content (AvgIpc) is 3.07. The van der Waals surface area contributed by atoms with Crippen LogP contribution in [-0.2, 0) is 14.6 Å². The number of carboxylic acid groups (broad SMARTS) is 1. The zero-order valence-electron chi connectivity index (χ0n) is 11.6. The second-order valence-corrected chi connectivity index (χ2v) is 8.50. The van der Waals surface area contributed by atoms with E-state index in [-0.39, 0.29) is 24.0 Å². The standard InChI is InChI=1S/C13H22N2O4S/c16-13(17)7-12-9-20(18,19)6-5-15(12)11-3-4-14(8-11)10-1-2-10/h10-12H,1-9H2,(H,16,17). The van der Waals surface area contributed by atoms with Crippen LogP contribution < -0.4 is 0 Å². The first-order valence-corrected chi connectivity index (χ1v) is 9.19. The van der Waals surface area contributed by atoms with Gasteiger partial charge in [0.2, 0.25) is 0 Å². The van der Waals surface area contributed by atoms with Crippen molar-refractivity contribution in [3.63, 3.8) is 0 Å². The van der Waals surface area contributed by atoms with Gasteiger partial charge >= 0.3 is 5.97 Å². The maximum absolute atomic E-state index is 11.8. The summed E-state index contributed by atoms with van der Waals surface area (Å²) in [6, 6.07) is 0.706. The lowest BCUT2D eigenvalue weighted by Gasteiger charge is -2.39. The monoisotopic (exact) mass is 302 g/mol. The molecule has 1 N–H and O–H groups in total. The predicted molar refractivity (Wildman–Crippen MR) is 74.4 cm³/mol. The molecule has 20 heavy (non-hydrogen) atoms. The first-order valence-electron chi connectivity index (χ1n) is 7.36. The fourth-order valence-electron chi connectivity index (χ4n) is 3.57. The van der Waals surface area contributed by atoms with Crippen molar-refractivity contribution in [1.82, 2.24) is 9.80 Å². The summed E-state index contributed by atoms with van der Waals surface area (Å²) in [5.41, 5.74) is 0. The molecule has 7 heteroatoms. The van der Waals surface area contributed by atoms with E-state index in [9.17, 15) is 13.2 Å². The van der Waals surface area contributed by atoms with Gasteiger partial charge in [-0.15, -0.1) is 0 Å². The Bertz CT molecular complexity index is 489. The van der Waals surface area contributed by atoms with E-state index in [1.165, 1.54) is 12.8 Å². The molecule has 0 aromatic rings. The van der Waals surface area contributed by atoms with Crippen LogP contribution in [0.4, 0.5) is 0 Å². The molecule has 2 heterocycles. The van der Waals surface area contributed by atoms with Gasteiger partial charge in [-0.1, -0.05) is 0 Å². The molecular weight excluding hydrogens is 280 g/mol. The summed E-state index contributed by atoms with van der Waals surface area (Å²) in [7, 11) is -3.08. The molecule has 6 nitrogen and oxygen atoms in total. The Morgan fingerprint density at radius 3 is 2.55 bits per heavy atom. The maximum atomic E-state index is 11.8. The number of rotatable bonds is 4. The Kier molecular flexibility index (Phi) is 3.77. The van der Waals surface area contributed by atoms with Crippen LogP contribution in [0.15, 0.2) is 0 Å². The van der Waals surface area contributed by atoms with Crippen molar-refractivity contribution in [2.24, 2.45) is 0 Å². The molecule has 2 saturated heterocycles. The third-order valence-electron chi connectivity index (χ3n) is 4.71. The lowest BCUT2D eigenvalue weighted by atomic mass is 10.1. The molecule has 0 amide bonds. The summed E-state index contributed by atoms with van der Waals surface area (Å²) in [6.07, 6.45) is 3.52. The van der Waals surface area contributed by atoms with Crippen molar-refractivity contribution in [3.05, 3.63) is 0 Å². The largest absolute Gasteiger partial charge is 0.481 e. The summed E-state index contributed by atoms with van der Waals surface area (Å²) in [6.45, 7) is 2.53. The molecule has 0 aromatic carbocycles. The molecule has 2 unspecified atom stereocenters. The summed E-state index contributed by atoms with van der Waals surface area (Å²) in [4.78, 5) is 15.6. The van der Waals surface area contributed by atoms with Crippen molar-refractivity contribution in [1.29, 1.82) is 0 Å². The summed E-state index contributed by atoms with van der Waals surface area (Å²) >= 11 is 0. The normalized spacial score (nSPS) is 35.2. The molecule has 3 rings (SSSR count). The van der Waals surface area contributed by atoms with E-state index in [2.05, 4.69) is 9.80 Å². The number of aliphatic carboxylic acids is 1. The molecule has 2 atom stereocenters. The Morgan fingerprint density at radius 1 is 1.15 bits per heavy atom. The van der Waals surface area contributed by atoms with Crippen LogP contribution in [0.2, 0.25) is 0 Å². The first kappa shape index (κ1) is 14.3. The van der Waals surface area contributed by atoms with Crippen LogP contribution in [-0.4, -0.2) is 78.6 Å². The maximum Gasteiger partial charge on any atom is 0.304 e. The second-order valence-electron chi connectivity index (χ2n) is 6.27. The molecule has 2 aliphatic heterocycles. The van der Waals surface area contributed by atoms with Gasteiger partial charge in [-0.25, -0.2) is 8.42 Å². The SMILES string of the molecule is O=C(O)CC1CS(=O)(=O)CCN1C1CCN(C2CC2)C1. The predicted octanol–water partition coefficient (Wildman–Crippen LogP) is -0.203. The highest BCUT2D eigenvalue weighted by Crippen LogP contribution is 2.32. The van der Waals surface area contributed by atoms with Crippen LogP contribution in [0.3, 0.4) is 0 Å². The van der Waals surface area contributed by atoms with Gasteiger partial charge in [0, 0.05) is 37.8 Å². The van der Waals surface area contributed by atoms with Crippen LogP contribution in [0.5, 0.6) is 0 Å². The Balaban J connectivity index is 1.68. The quantitative estimate of drug-likeness (QED) is 0.775. The highest BCUT2D eigenvalue weighted by molar-refractivity contribution is 7.91. The Hall–Kier alpha value is -0.660. The Labute approximate surface area is 119 Å². The lowest BCUT2D eigenvalue weighted by Crippen LogP contribution is -2.54. The molecule has 0 bridgehead atoms. The minimum Gasteiger partial charge on any atom is -0.481 e. The number of carbonyl (C=O) groups is 1. The first-order chi connectivity index (χ1) is 9.44. The third kappa shape index (κ3) is 3.15. The van der Waals surface area contributed by atoms with Gasteiger partial charge in [-0.2, -0.15) is 0 Å². The molecule has 3 aliphatic rings.